The van der Waals surface area contributed by atoms with Gasteiger partial charge in [-0.2, -0.15) is 0 Å². The van der Waals surface area contributed by atoms with Gasteiger partial charge in [0.15, 0.2) is 0 Å². The first-order chi connectivity index (χ1) is 11.0. The van der Waals surface area contributed by atoms with Gasteiger partial charge in [0, 0.05) is 0 Å². The van der Waals surface area contributed by atoms with Crippen LogP contribution in [0.1, 0.15) is 44.5 Å². The van der Waals surface area contributed by atoms with Gasteiger partial charge >= 0.3 is 0 Å². The molecule has 1 N–H and O–H groups in total. The fourth-order valence-corrected chi connectivity index (χ4v) is 4.03. The Balaban J connectivity index is 1.71. The molecule has 23 heavy (non-hydrogen) atoms. The van der Waals surface area contributed by atoms with Gasteiger partial charge in [-0.1, -0.05) is 31.1 Å². The topological polar surface area (TPSA) is 92.3 Å². The van der Waals surface area contributed by atoms with Gasteiger partial charge in [-0.15, -0.1) is 10.2 Å². The zero-order chi connectivity index (χ0) is 16.6. The first-order valence-electron chi connectivity index (χ1n) is 8.03. The maximum absolute atomic E-state index is 12.5. The molecule has 3 unspecified atom stereocenters. The van der Waals surface area contributed by atoms with Crippen molar-refractivity contribution in [3.8, 4) is 0 Å². The molecule has 3 rings (SSSR count). The van der Waals surface area contributed by atoms with E-state index in [1.807, 2.05) is 6.92 Å². The van der Waals surface area contributed by atoms with E-state index in [1.165, 1.54) is 11.3 Å². The lowest BCUT2D eigenvalue weighted by Crippen LogP contribution is -2.46. The van der Waals surface area contributed by atoms with E-state index in [-0.39, 0.29) is 23.7 Å². The Kier molecular flexibility index (Phi) is 4.43. The van der Waals surface area contributed by atoms with E-state index in [2.05, 4.69) is 15.5 Å². The molecule has 1 aromatic rings. The molecule has 1 aliphatic carbocycles. The third kappa shape index (κ3) is 2.87. The molecule has 1 aromatic heterocycles. The number of aromatic nitrogens is 2. The summed E-state index contributed by atoms with van der Waals surface area (Å²) in [6, 6.07) is -0.824. The molecule has 1 aliphatic heterocycles. The van der Waals surface area contributed by atoms with Crippen LogP contribution in [0.3, 0.4) is 0 Å². The highest BCUT2D eigenvalue weighted by atomic mass is 32.1. The van der Waals surface area contributed by atoms with Crippen molar-refractivity contribution in [1.82, 2.24) is 15.1 Å². The van der Waals surface area contributed by atoms with Crippen LogP contribution >= 0.6 is 11.3 Å². The summed E-state index contributed by atoms with van der Waals surface area (Å²) >= 11 is 1.30. The highest BCUT2D eigenvalue weighted by Gasteiger charge is 2.50. The molecule has 0 bridgehead atoms. The second kappa shape index (κ2) is 6.35. The number of rotatable bonds is 4. The Morgan fingerprint density at radius 2 is 1.87 bits per heavy atom. The summed E-state index contributed by atoms with van der Waals surface area (Å²) < 4.78 is 0. The van der Waals surface area contributed by atoms with Crippen molar-refractivity contribution in [1.29, 1.82) is 0 Å². The first kappa shape index (κ1) is 16.0. The maximum Gasteiger partial charge on any atom is 0.249 e. The molecule has 0 aromatic carbocycles. The number of carbonyl (C=O) groups excluding carboxylic acids is 3. The van der Waals surface area contributed by atoms with Crippen molar-refractivity contribution in [3.63, 3.8) is 0 Å². The van der Waals surface area contributed by atoms with Crippen molar-refractivity contribution < 1.29 is 14.4 Å². The number of likely N-dealkylation sites (tertiary alicyclic amines) is 1. The van der Waals surface area contributed by atoms with Crippen LogP contribution in [0.25, 0.3) is 0 Å². The fourth-order valence-electron chi connectivity index (χ4n) is 3.34. The van der Waals surface area contributed by atoms with Gasteiger partial charge < -0.3 is 0 Å². The lowest BCUT2D eigenvalue weighted by Gasteiger charge is -2.21. The number of amides is 3. The zero-order valence-electron chi connectivity index (χ0n) is 13.2. The molecule has 3 amide bonds. The van der Waals surface area contributed by atoms with E-state index in [0.717, 1.165) is 42.0 Å². The predicted octanol–water partition coefficient (Wildman–Crippen LogP) is 1.60. The minimum atomic E-state index is -0.824. The minimum absolute atomic E-state index is 0.200. The number of hydrogen-bond donors (Lipinski definition) is 1. The van der Waals surface area contributed by atoms with Crippen LogP contribution in [0, 0.1) is 11.8 Å². The second-order valence-electron chi connectivity index (χ2n) is 6.06. The van der Waals surface area contributed by atoms with Crippen LogP contribution in [0.2, 0.25) is 0 Å². The average molecular weight is 336 g/mol. The maximum atomic E-state index is 12.5. The summed E-state index contributed by atoms with van der Waals surface area (Å²) in [5.74, 6) is -1.27. The van der Waals surface area contributed by atoms with E-state index >= 15 is 0 Å². The second-order valence-corrected chi connectivity index (χ2v) is 7.13. The Morgan fingerprint density at radius 3 is 2.39 bits per heavy atom. The van der Waals surface area contributed by atoms with Gasteiger partial charge in [-0.05, 0) is 26.2 Å². The summed E-state index contributed by atoms with van der Waals surface area (Å²) in [4.78, 5) is 38.5. The van der Waals surface area contributed by atoms with Crippen molar-refractivity contribution in [3.05, 3.63) is 5.01 Å². The molecule has 1 saturated heterocycles. The summed E-state index contributed by atoms with van der Waals surface area (Å²) in [7, 11) is 0. The van der Waals surface area contributed by atoms with Crippen molar-refractivity contribution in [2.24, 2.45) is 11.8 Å². The molecular weight excluding hydrogens is 316 g/mol. The van der Waals surface area contributed by atoms with E-state index in [9.17, 15) is 14.4 Å². The van der Waals surface area contributed by atoms with Gasteiger partial charge in [-0.25, -0.2) is 0 Å². The van der Waals surface area contributed by atoms with E-state index in [4.69, 9.17) is 0 Å². The Labute approximate surface area is 138 Å². The SMILES string of the molecule is CCc1nnc(NC(=O)C(C)N2C(=O)C3CCCCC3C2=O)s1. The van der Waals surface area contributed by atoms with Crippen molar-refractivity contribution in [2.45, 2.75) is 52.0 Å². The van der Waals surface area contributed by atoms with Crippen LogP contribution in [-0.4, -0.2) is 38.9 Å². The Bertz CT molecular complexity index is 620. The fraction of sp³-hybridized carbons (Fsp3) is 0.667. The van der Waals surface area contributed by atoms with Gasteiger partial charge in [0.1, 0.15) is 11.0 Å². The van der Waals surface area contributed by atoms with Crippen LogP contribution in [0.15, 0.2) is 0 Å². The number of hydrogen-bond acceptors (Lipinski definition) is 6. The van der Waals surface area contributed by atoms with Crippen LogP contribution in [0.5, 0.6) is 0 Å². The molecular formula is C15H20N4O3S. The number of carbonyl (C=O) groups is 3. The molecule has 0 spiro atoms. The Morgan fingerprint density at radius 1 is 1.26 bits per heavy atom. The summed E-state index contributed by atoms with van der Waals surface area (Å²) in [6.07, 6.45) is 4.18. The number of aryl methyl sites for hydroxylation is 1. The molecule has 3 atom stereocenters. The Hall–Kier alpha value is -1.83. The highest BCUT2D eigenvalue weighted by Crippen LogP contribution is 2.38. The normalized spacial score (nSPS) is 25.4. The van der Waals surface area contributed by atoms with Crippen molar-refractivity contribution >= 4 is 34.2 Å². The first-order valence-corrected chi connectivity index (χ1v) is 8.84. The number of fused-ring (bicyclic) bond motifs is 1. The molecule has 2 aliphatic rings. The summed E-state index contributed by atoms with van der Waals surface area (Å²) in [6.45, 7) is 3.54. The van der Waals surface area contributed by atoms with Crippen LogP contribution in [0.4, 0.5) is 5.13 Å². The monoisotopic (exact) mass is 336 g/mol. The van der Waals surface area contributed by atoms with Gasteiger partial charge in [0.05, 0.1) is 11.8 Å². The number of anilines is 1. The van der Waals surface area contributed by atoms with Gasteiger partial charge in [-0.3, -0.25) is 24.6 Å². The smallest absolute Gasteiger partial charge is 0.249 e. The minimum Gasteiger partial charge on any atom is -0.299 e. The molecule has 2 heterocycles. The molecule has 124 valence electrons. The van der Waals surface area contributed by atoms with Gasteiger partial charge in [0.2, 0.25) is 22.9 Å². The zero-order valence-corrected chi connectivity index (χ0v) is 14.1. The van der Waals surface area contributed by atoms with E-state index < -0.39 is 11.9 Å². The summed E-state index contributed by atoms with van der Waals surface area (Å²) in [5, 5.41) is 11.7. The summed E-state index contributed by atoms with van der Waals surface area (Å²) in [5.41, 5.74) is 0. The number of nitrogens with zero attached hydrogens (tertiary/aromatic N) is 3. The lowest BCUT2D eigenvalue weighted by molar-refractivity contribution is -0.146. The number of nitrogens with one attached hydrogen (secondary N) is 1. The third-order valence-electron chi connectivity index (χ3n) is 4.64. The van der Waals surface area contributed by atoms with E-state index in [0.29, 0.717) is 5.13 Å². The number of imide groups is 1. The molecule has 0 radical (unpaired) electrons. The lowest BCUT2D eigenvalue weighted by atomic mass is 9.81. The van der Waals surface area contributed by atoms with Crippen molar-refractivity contribution in [2.75, 3.05) is 5.32 Å². The molecule has 2 fully saturated rings. The quantitative estimate of drug-likeness (QED) is 0.843. The molecule has 8 heteroatoms. The highest BCUT2D eigenvalue weighted by molar-refractivity contribution is 7.15. The third-order valence-corrected chi connectivity index (χ3v) is 5.62. The largest absolute Gasteiger partial charge is 0.299 e. The standard InChI is InChI=1S/C15H20N4O3S/c1-3-11-17-18-15(23-11)16-12(20)8(2)19-13(21)9-6-4-5-7-10(9)14(19)22/h8-10H,3-7H2,1-2H3,(H,16,18,20). The van der Waals surface area contributed by atoms with Gasteiger partial charge in [0.25, 0.3) is 0 Å². The average Bonchev–Trinajstić information content (AvgIpc) is 3.11. The van der Waals surface area contributed by atoms with Crippen LogP contribution < -0.4 is 5.32 Å². The molecule has 7 nitrogen and oxygen atoms in total. The predicted molar refractivity (Wildman–Crippen MR) is 84.7 cm³/mol. The van der Waals surface area contributed by atoms with Crippen LogP contribution in [-0.2, 0) is 20.8 Å². The van der Waals surface area contributed by atoms with E-state index in [1.54, 1.807) is 6.92 Å². The molecule has 1 saturated carbocycles.